The molecular weight excluding hydrogens is 310 g/mol. The second-order valence-corrected chi connectivity index (χ2v) is 8.85. The van der Waals surface area contributed by atoms with Crippen molar-refractivity contribution in [3.05, 3.63) is 35.4 Å². The molecule has 0 saturated heterocycles. The van der Waals surface area contributed by atoms with Crippen LogP contribution in [0.25, 0.3) is 0 Å². The van der Waals surface area contributed by atoms with Gasteiger partial charge in [-0.15, -0.1) is 0 Å². The van der Waals surface area contributed by atoms with Gasteiger partial charge in [-0.05, 0) is 61.8 Å². The normalized spacial score (nSPS) is 44.5. The van der Waals surface area contributed by atoms with Crippen molar-refractivity contribution in [2.24, 2.45) is 17.3 Å². The summed E-state index contributed by atoms with van der Waals surface area (Å²) < 4.78 is 32.1. The summed E-state index contributed by atoms with van der Waals surface area (Å²) in [5.74, 6) is -3.67. The number of rotatable bonds is 3. The van der Waals surface area contributed by atoms with E-state index >= 15 is 0 Å². The van der Waals surface area contributed by atoms with Gasteiger partial charge in [-0.1, -0.05) is 29.8 Å². The maximum atomic E-state index is 13.3. The Morgan fingerprint density at radius 2 is 1.71 bits per heavy atom. The molecule has 4 fully saturated rings. The molecule has 1 aromatic rings. The molecule has 4 heteroatoms. The number of fused-ring (bicyclic) bond motifs is 1. The van der Waals surface area contributed by atoms with Crippen LogP contribution in [0.2, 0.25) is 0 Å². The Hall–Kier alpha value is -1.45. The van der Waals surface area contributed by atoms with Crippen molar-refractivity contribution >= 4 is 5.97 Å². The second-order valence-electron chi connectivity index (χ2n) is 8.85. The molecule has 1 aromatic carbocycles. The van der Waals surface area contributed by atoms with Gasteiger partial charge >= 0.3 is 11.9 Å². The van der Waals surface area contributed by atoms with Gasteiger partial charge in [0, 0.05) is 12.3 Å². The minimum Gasteiger partial charge on any atom is -0.454 e. The first kappa shape index (κ1) is 14.9. The summed E-state index contributed by atoms with van der Waals surface area (Å²) in [6.07, 6.45) is 4.79. The lowest BCUT2D eigenvalue weighted by Crippen LogP contribution is -2.75. The standard InChI is InChI=1S/C20H22F2O2/c1-12-3-5-13(6-4-12)18-7-14-9-19(24-16(23)17(2,21)22)10-15(8-18)20(14,19)11-18/h3-6,14-15H,7-11H2,1-2H3. The smallest absolute Gasteiger partial charge is 0.377 e. The highest BCUT2D eigenvalue weighted by atomic mass is 19.3. The number of esters is 1. The highest BCUT2D eigenvalue weighted by Crippen LogP contribution is 2.86. The zero-order valence-corrected chi connectivity index (χ0v) is 14.1. The first-order valence-corrected chi connectivity index (χ1v) is 8.89. The van der Waals surface area contributed by atoms with Crippen molar-refractivity contribution < 1.29 is 18.3 Å². The average molecular weight is 332 g/mol. The van der Waals surface area contributed by atoms with E-state index in [4.69, 9.17) is 4.74 Å². The van der Waals surface area contributed by atoms with Gasteiger partial charge in [0.05, 0.1) is 0 Å². The third-order valence-electron chi connectivity index (χ3n) is 7.67. The van der Waals surface area contributed by atoms with Crippen molar-refractivity contribution in [2.75, 3.05) is 0 Å². The van der Waals surface area contributed by atoms with Crippen LogP contribution < -0.4 is 0 Å². The topological polar surface area (TPSA) is 26.3 Å². The molecule has 4 aliphatic carbocycles. The first-order valence-electron chi connectivity index (χ1n) is 8.89. The van der Waals surface area contributed by atoms with Crippen molar-refractivity contribution in [3.8, 4) is 0 Å². The van der Waals surface area contributed by atoms with Gasteiger partial charge in [-0.3, -0.25) is 0 Å². The molecule has 1 spiro atoms. The van der Waals surface area contributed by atoms with Crippen molar-refractivity contribution in [1.29, 1.82) is 0 Å². The Balaban J connectivity index is 1.45. The van der Waals surface area contributed by atoms with Crippen LogP contribution >= 0.6 is 0 Å². The van der Waals surface area contributed by atoms with E-state index in [9.17, 15) is 13.6 Å². The number of alkyl halides is 2. The molecule has 0 aliphatic heterocycles. The third kappa shape index (κ3) is 1.49. The Morgan fingerprint density at radius 1 is 1.12 bits per heavy atom. The average Bonchev–Trinajstić information content (AvgIpc) is 2.96. The second kappa shape index (κ2) is 4.03. The highest BCUT2D eigenvalue weighted by molar-refractivity contribution is 5.78. The molecular formula is C20H22F2O2. The molecule has 2 nitrogen and oxygen atoms in total. The van der Waals surface area contributed by atoms with Crippen LogP contribution in [0.4, 0.5) is 8.78 Å². The monoisotopic (exact) mass is 332 g/mol. The highest BCUT2D eigenvalue weighted by Gasteiger charge is 2.86. The van der Waals surface area contributed by atoms with Gasteiger partial charge in [-0.25, -0.2) is 4.79 Å². The molecule has 4 saturated carbocycles. The molecule has 0 radical (unpaired) electrons. The maximum Gasteiger partial charge on any atom is 0.377 e. The van der Waals surface area contributed by atoms with Gasteiger partial charge in [0.2, 0.25) is 0 Å². The van der Waals surface area contributed by atoms with Crippen LogP contribution in [0, 0.1) is 24.2 Å². The van der Waals surface area contributed by atoms with E-state index in [1.54, 1.807) is 0 Å². The number of aryl methyl sites for hydroxylation is 1. The fraction of sp³-hybridized carbons (Fsp3) is 0.650. The van der Waals surface area contributed by atoms with Crippen LogP contribution in [0.15, 0.2) is 24.3 Å². The maximum absolute atomic E-state index is 13.3. The molecule has 0 amide bonds. The third-order valence-corrected chi connectivity index (χ3v) is 7.67. The molecule has 4 aliphatic rings. The van der Waals surface area contributed by atoms with Crippen LogP contribution in [0.5, 0.6) is 0 Å². The van der Waals surface area contributed by atoms with E-state index in [0.717, 1.165) is 32.1 Å². The number of hydrogen-bond donors (Lipinski definition) is 0. The number of halogens is 2. The summed E-state index contributed by atoms with van der Waals surface area (Å²) in [5, 5.41) is 0. The van der Waals surface area contributed by atoms with Gasteiger partial charge in [-0.2, -0.15) is 8.78 Å². The van der Waals surface area contributed by atoms with E-state index in [0.29, 0.717) is 18.8 Å². The quantitative estimate of drug-likeness (QED) is 0.767. The van der Waals surface area contributed by atoms with Crippen LogP contribution in [-0.2, 0) is 14.9 Å². The number of carbonyl (C=O) groups excluding carboxylic acids is 1. The largest absolute Gasteiger partial charge is 0.454 e. The summed E-state index contributed by atoms with van der Waals surface area (Å²) in [6.45, 7) is 2.72. The van der Waals surface area contributed by atoms with Crippen LogP contribution in [-0.4, -0.2) is 17.5 Å². The van der Waals surface area contributed by atoms with Gasteiger partial charge in [0.15, 0.2) is 0 Å². The molecule has 2 unspecified atom stereocenters. The summed E-state index contributed by atoms with van der Waals surface area (Å²) in [4.78, 5) is 11.8. The summed E-state index contributed by atoms with van der Waals surface area (Å²) in [5.41, 5.74) is 2.19. The predicted octanol–water partition coefficient (Wildman–Crippen LogP) is 4.39. The fourth-order valence-electron chi connectivity index (χ4n) is 6.82. The van der Waals surface area contributed by atoms with E-state index in [2.05, 4.69) is 31.2 Å². The zero-order chi connectivity index (χ0) is 17.0. The number of ether oxygens (including phenoxy) is 1. The van der Waals surface area contributed by atoms with E-state index in [-0.39, 0.29) is 10.8 Å². The number of benzene rings is 1. The Kier molecular flexibility index (Phi) is 2.49. The molecule has 2 bridgehead atoms. The molecule has 24 heavy (non-hydrogen) atoms. The zero-order valence-electron chi connectivity index (χ0n) is 14.1. The first-order chi connectivity index (χ1) is 11.2. The Morgan fingerprint density at radius 3 is 2.25 bits per heavy atom. The Bertz CT molecular complexity index is 715. The fourth-order valence-corrected chi connectivity index (χ4v) is 6.82. The minimum absolute atomic E-state index is 0.0151. The van der Waals surface area contributed by atoms with Crippen molar-refractivity contribution in [3.63, 3.8) is 0 Å². The minimum atomic E-state index is -3.40. The molecule has 0 aromatic heterocycles. The van der Waals surface area contributed by atoms with Gasteiger partial charge in [0.25, 0.3) is 0 Å². The summed E-state index contributed by atoms with van der Waals surface area (Å²) >= 11 is 0. The molecule has 5 rings (SSSR count). The molecule has 0 heterocycles. The molecule has 2 atom stereocenters. The summed E-state index contributed by atoms with van der Waals surface area (Å²) in [6, 6.07) is 8.78. The lowest BCUT2D eigenvalue weighted by Gasteiger charge is -2.72. The van der Waals surface area contributed by atoms with E-state index in [1.807, 2.05) is 0 Å². The Labute approximate surface area is 140 Å². The lowest BCUT2D eigenvalue weighted by molar-refractivity contribution is -0.318. The predicted molar refractivity (Wildman–Crippen MR) is 84.8 cm³/mol. The van der Waals surface area contributed by atoms with Crippen molar-refractivity contribution in [1.82, 2.24) is 0 Å². The van der Waals surface area contributed by atoms with Crippen LogP contribution in [0.1, 0.15) is 50.2 Å². The summed E-state index contributed by atoms with van der Waals surface area (Å²) in [7, 11) is 0. The molecule has 128 valence electrons. The number of hydrogen-bond acceptors (Lipinski definition) is 2. The number of carbonyl (C=O) groups is 1. The van der Waals surface area contributed by atoms with E-state index in [1.165, 1.54) is 11.1 Å². The lowest BCUT2D eigenvalue weighted by atomic mass is 9.35. The van der Waals surface area contributed by atoms with Gasteiger partial charge < -0.3 is 4.74 Å². The van der Waals surface area contributed by atoms with Gasteiger partial charge in [0.1, 0.15) is 5.60 Å². The SMILES string of the molecule is Cc1ccc(C23CC4CC5(OC(=O)C(C)(F)F)CC(C2)C45C3)cc1. The molecule has 0 N–H and O–H groups in total. The van der Waals surface area contributed by atoms with Crippen molar-refractivity contribution in [2.45, 2.75) is 62.9 Å². The van der Waals surface area contributed by atoms with Crippen LogP contribution in [0.3, 0.4) is 0 Å². The van der Waals surface area contributed by atoms with E-state index < -0.39 is 17.5 Å².